The Kier molecular flexibility index (Phi) is 4.83. The maximum absolute atomic E-state index is 5.30. The molecule has 4 heterocycles. The molecule has 196 valence electrons. The van der Waals surface area contributed by atoms with Crippen LogP contribution < -0.4 is 0 Å². The lowest BCUT2D eigenvalue weighted by Gasteiger charge is -2.13. The minimum Gasteiger partial charge on any atom is -0.279 e. The van der Waals surface area contributed by atoms with Gasteiger partial charge in [0.25, 0.3) is 0 Å². The fourth-order valence-corrected chi connectivity index (χ4v) is 6.21. The van der Waals surface area contributed by atoms with Gasteiger partial charge in [0.15, 0.2) is 0 Å². The van der Waals surface area contributed by atoms with Crippen LogP contribution in [0.1, 0.15) is 0 Å². The van der Waals surface area contributed by atoms with Crippen LogP contribution in [0.3, 0.4) is 0 Å². The third kappa shape index (κ3) is 3.34. The Morgan fingerprint density at radius 3 is 1.95 bits per heavy atom. The Labute approximate surface area is 241 Å². The molecule has 9 aromatic rings. The molecular formula is C37H23N5. The number of hydrogen-bond donors (Lipinski definition) is 0. The lowest BCUT2D eigenvalue weighted by Crippen LogP contribution is -2.06. The molecule has 9 rings (SSSR count). The number of benzene rings is 5. The first-order chi connectivity index (χ1) is 20.8. The number of fused-ring (bicyclic) bond motifs is 8. The van der Waals surface area contributed by atoms with Crippen molar-refractivity contribution in [3.05, 3.63) is 140 Å². The number of imidazole rings is 1. The minimum absolute atomic E-state index is 0.825. The summed E-state index contributed by atoms with van der Waals surface area (Å²) in [5, 5.41) is 3.41. The van der Waals surface area contributed by atoms with Gasteiger partial charge in [-0.05, 0) is 59.7 Å². The van der Waals surface area contributed by atoms with Crippen molar-refractivity contribution in [1.82, 2.24) is 23.9 Å². The Balaban J connectivity index is 1.34. The molecule has 4 aromatic heterocycles. The molecule has 0 fully saturated rings. The molecule has 0 aliphatic rings. The number of aromatic nitrogens is 5. The van der Waals surface area contributed by atoms with E-state index in [4.69, 9.17) is 9.97 Å². The van der Waals surface area contributed by atoms with Gasteiger partial charge < -0.3 is 0 Å². The molecule has 0 unspecified atom stereocenters. The third-order valence-electron chi connectivity index (χ3n) is 8.18. The van der Waals surface area contributed by atoms with Crippen molar-refractivity contribution in [1.29, 1.82) is 0 Å². The molecule has 0 saturated heterocycles. The summed E-state index contributed by atoms with van der Waals surface area (Å²) in [7, 11) is 0. The molecule has 5 nitrogen and oxygen atoms in total. The van der Waals surface area contributed by atoms with Gasteiger partial charge in [0.1, 0.15) is 5.65 Å². The molecule has 0 spiro atoms. The average Bonchev–Trinajstić information content (AvgIpc) is 3.61. The van der Waals surface area contributed by atoms with E-state index < -0.39 is 0 Å². The van der Waals surface area contributed by atoms with E-state index in [2.05, 4.69) is 117 Å². The van der Waals surface area contributed by atoms with Crippen molar-refractivity contribution in [3.8, 4) is 28.3 Å². The van der Waals surface area contributed by atoms with E-state index in [-0.39, 0.29) is 0 Å². The van der Waals surface area contributed by atoms with Crippen molar-refractivity contribution < 1.29 is 0 Å². The summed E-state index contributed by atoms with van der Waals surface area (Å²) in [5.74, 6) is 0.825. The highest BCUT2D eigenvalue weighted by molar-refractivity contribution is 6.10. The highest BCUT2D eigenvalue weighted by Gasteiger charge is 2.20. The Bertz CT molecular complexity index is 2450. The van der Waals surface area contributed by atoms with Gasteiger partial charge in [-0.1, -0.05) is 84.9 Å². The van der Waals surface area contributed by atoms with E-state index in [1.54, 1.807) is 0 Å². The summed E-state index contributed by atoms with van der Waals surface area (Å²) >= 11 is 0. The molecular weight excluding hydrogens is 514 g/mol. The second kappa shape index (κ2) is 8.85. The van der Waals surface area contributed by atoms with Crippen molar-refractivity contribution in [2.24, 2.45) is 0 Å². The normalized spacial score (nSPS) is 11.8. The molecule has 0 N–H and O–H groups in total. The molecule has 5 heteroatoms. The summed E-state index contributed by atoms with van der Waals surface area (Å²) in [6, 6.07) is 46.5. The molecule has 0 saturated carbocycles. The van der Waals surface area contributed by atoms with Crippen molar-refractivity contribution in [2.75, 3.05) is 0 Å². The predicted octanol–water partition coefficient (Wildman–Crippen LogP) is 8.86. The van der Waals surface area contributed by atoms with Crippen LogP contribution >= 0.6 is 0 Å². The largest absolute Gasteiger partial charge is 0.279 e. The maximum Gasteiger partial charge on any atom is 0.221 e. The number of para-hydroxylation sites is 4. The van der Waals surface area contributed by atoms with Crippen LogP contribution in [-0.4, -0.2) is 23.9 Å². The zero-order chi connectivity index (χ0) is 27.6. The molecule has 0 radical (unpaired) electrons. The van der Waals surface area contributed by atoms with Crippen LogP contribution in [0.4, 0.5) is 0 Å². The molecule has 5 aromatic carbocycles. The van der Waals surface area contributed by atoms with E-state index in [1.165, 1.54) is 10.8 Å². The maximum atomic E-state index is 5.30. The van der Waals surface area contributed by atoms with E-state index >= 15 is 0 Å². The van der Waals surface area contributed by atoms with Gasteiger partial charge in [0, 0.05) is 27.9 Å². The van der Waals surface area contributed by atoms with Crippen LogP contribution in [0.15, 0.2) is 140 Å². The minimum atomic E-state index is 0.825. The number of nitrogens with zero attached hydrogens (tertiary/aromatic N) is 5. The van der Waals surface area contributed by atoms with Crippen LogP contribution in [-0.2, 0) is 0 Å². The lowest BCUT2D eigenvalue weighted by molar-refractivity contribution is 0.979. The van der Waals surface area contributed by atoms with Crippen LogP contribution in [0.25, 0.3) is 77.7 Å². The second-order valence-electron chi connectivity index (χ2n) is 10.6. The van der Waals surface area contributed by atoms with E-state index in [1.807, 2.05) is 36.5 Å². The van der Waals surface area contributed by atoms with Crippen LogP contribution in [0.2, 0.25) is 0 Å². The Morgan fingerprint density at radius 1 is 0.452 bits per heavy atom. The molecule has 0 bridgehead atoms. The standard InChI is InChI=1S/C37H23N5/c1-3-12-31-29(10-1)36-39-32-13-4-6-15-34(32)42(36)37(40-31)41-33-14-5-2-9-27(33)28-21-20-26(23-35(28)41)24-16-18-25(19-17-24)30-11-7-8-22-38-30/h1-23H. The van der Waals surface area contributed by atoms with E-state index in [0.29, 0.717) is 0 Å². The fourth-order valence-electron chi connectivity index (χ4n) is 6.21. The van der Waals surface area contributed by atoms with E-state index in [0.717, 1.165) is 66.9 Å². The first-order valence-electron chi connectivity index (χ1n) is 14.0. The summed E-state index contributed by atoms with van der Waals surface area (Å²) in [5.41, 5.74) is 10.4. The van der Waals surface area contributed by atoms with Crippen LogP contribution in [0.5, 0.6) is 0 Å². The van der Waals surface area contributed by atoms with Gasteiger partial charge in [-0.15, -0.1) is 0 Å². The van der Waals surface area contributed by atoms with Gasteiger partial charge >= 0.3 is 0 Å². The van der Waals surface area contributed by atoms with Crippen molar-refractivity contribution >= 4 is 49.4 Å². The summed E-state index contributed by atoms with van der Waals surface area (Å²) < 4.78 is 4.50. The molecule has 0 aliphatic carbocycles. The van der Waals surface area contributed by atoms with E-state index in [9.17, 15) is 0 Å². The third-order valence-corrected chi connectivity index (χ3v) is 8.18. The lowest BCUT2D eigenvalue weighted by atomic mass is 10.0. The number of rotatable bonds is 3. The molecule has 0 amide bonds. The quantitative estimate of drug-likeness (QED) is 0.226. The van der Waals surface area contributed by atoms with Gasteiger partial charge in [-0.2, -0.15) is 0 Å². The van der Waals surface area contributed by atoms with Gasteiger partial charge in [-0.25, -0.2) is 9.97 Å². The predicted molar refractivity (Wildman–Crippen MR) is 171 cm³/mol. The SMILES string of the molecule is c1ccc(-c2ccc(-c3ccc4c5ccccc5n(-c5nc6ccccc6c6nc7ccccc7n56)c4c3)cc2)nc1. The average molecular weight is 538 g/mol. The highest BCUT2D eigenvalue weighted by Crippen LogP contribution is 2.36. The highest BCUT2D eigenvalue weighted by atomic mass is 15.2. The zero-order valence-electron chi connectivity index (χ0n) is 22.5. The number of pyridine rings is 1. The summed E-state index contributed by atoms with van der Waals surface area (Å²) in [6.45, 7) is 0. The molecule has 42 heavy (non-hydrogen) atoms. The molecule has 0 atom stereocenters. The monoisotopic (exact) mass is 537 g/mol. The second-order valence-corrected chi connectivity index (χ2v) is 10.6. The fraction of sp³-hybridized carbons (Fsp3) is 0. The van der Waals surface area contributed by atoms with Crippen LogP contribution in [0, 0.1) is 0 Å². The zero-order valence-corrected chi connectivity index (χ0v) is 22.5. The topological polar surface area (TPSA) is 48.0 Å². The number of hydrogen-bond acceptors (Lipinski definition) is 3. The Hall–Kier alpha value is -5.81. The van der Waals surface area contributed by atoms with Gasteiger partial charge in [0.05, 0.1) is 33.3 Å². The van der Waals surface area contributed by atoms with Crippen molar-refractivity contribution in [2.45, 2.75) is 0 Å². The Morgan fingerprint density at radius 2 is 1.12 bits per heavy atom. The smallest absolute Gasteiger partial charge is 0.221 e. The van der Waals surface area contributed by atoms with Gasteiger partial charge in [-0.3, -0.25) is 14.0 Å². The van der Waals surface area contributed by atoms with Gasteiger partial charge in [0.2, 0.25) is 5.95 Å². The first kappa shape index (κ1) is 22.9. The van der Waals surface area contributed by atoms with Crippen molar-refractivity contribution in [3.63, 3.8) is 0 Å². The molecule has 0 aliphatic heterocycles. The summed E-state index contributed by atoms with van der Waals surface area (Å²) in [6.07, 6.45) is 1.83. The first-order valence-corrected chi connectivity index (χ1v) is 14.0. The summed E-state index contributed by atoms with van der Waals surface area (Å²) in [4.78, 5) is 14.9.